The van der Waals surface area contributed by atoms with Gasteiger partial charge in [-0.1, -0.05) is 23.7 Å². The number of piperazine rings is 1. The third-order valence-corrected chi connectivity index (χ3v) is 4.64. The van der Waals surface area contributed by atoms with Crippen molar-refractivity contribution in [1.82, 2.24) is 14.8 Å². The molecule has 0 N–H and O–H groups in total. The molecule has 26 heavy (non-hydrogen) atoms. The molecule has 1 fully saturated rings. The first-order chi connectivity index (χ1) is 12.6. The Labute approximate surface area is 157 Å². The minimum Gasteiger partial charge on any atom is -0.465 e. The quantitative estimate of drug-likeness (QED) is 0.608. The van der Waals surface area contributed by atoms with Gasteiger partial charge in [0.05, 0.1) is 18.2 Å². The molecular formula is C19H20ClN3O3. The third-order valence-electron chi connectivity index (χ3n) is 4.42. The summed E-state index contributed by atoms with van der Waals surface area (Å²) in [6.07, 6.45) is 1.51. The first kappa shape index (κ1) is 18.4. The number of nitrogens with zero attached hydrogens (tertiary/aromatic N) is 3. The minimum atomic E-state index is -0.333. The topological polar surface area (TPSA) is 62.7 Å². The fourth-order valence-electron chi connectivity index (χ4n) is 2.92. The molecule has 0 atom stereocenters. The van der Waals surface area contributed by atoms with Crippen LogP contribution in [0, 0.1) is 0 Å². The van der Waals surface area contributed by atoms with Crippen LogP contribution in [-0.2, 0) is 11.3 Å². The lowest BCUT2D eigenvalue weighted by Crippen LogP contribution is -2.48. The lowest BCUT2D eigenvalue weighted by Gasteiger charge is -2.34. The monoisotopic (exact) mass is 373 g/mol. The van der Waals surface area contributed by atoms with Crippen LogP contribution in [-0.4, -0.2) is 59.9 Å². The molecule has 2 heterocycles. The minimum absolute atomic E-state index is 0.0174. The number of benzene rings is 1. The Kier molecular flexibility index (Phi) is 5.85. The van der Waals surface area contributed by atoms with Crippen molar-refractivity contribution in [1.29, 1.82) is 0 Å². The first-order valence-electron chi connectivity index (χ1n) is 8.37. The molecule has 1 amide bonds. The normalized spacial score (nSPS) is 14.9. The highest BCUT2D eigenvalue weighted by Gasteiger charge is 2.22. The van der Waals surface area contributed by atoms with Crippen molar-refractivity contribution in [2.75, 3.05) is 33.3 Å². The number of carbonyl (C=O) groups is 2. The Morgan fingerprint density at radius 3 is 2.27 bits per heavy atom. The van der Waals surface area contributed by atoms with E-state index in [0.29, 0.717) is 29.4 Å². The van der Waals surface area contributed by atoms with Crippen molar-refractivity contribution in [3.05, 3.63) is 64.4 Å². The van der Waals surface area contributed by atoms with E-state index in [0.717, 1.165) is 25.2 Å². The molecular weight excluding hydrogens is 354 g/mol. The number of hydrogen-bond donors (Lipinski definition) is 0. The van der Waals surface area contributed by atoms with Crippen molar-refractivity contribution < 1.29 is 14.3 Å². The first-order valence-corrected chi connectivity index (χ1v) is 8.75. The smallest absolute Gasteiger partial charge is 0.337 e. The van der Waals surface area contributed by atoms with Gasteiger partial charge >= 0.3 is 5.97 Å². The van der Waals surface area contributed by atoms with Crippen LogP contribution in [0.25, 0.3) is 0 Å². The van der Waals surface area contributed by atoms with Gasteiger partial charge in [0, 0.05) is 38.9 Å². The fraction of sp³-hybridized carbons (Fsp3) is 0.316. The van der Waals surface area contributed by atoms with Gasteiger partial charge in [0.25, 0.3) is 5.91 Å². The summed E-state index contributed by atoms with van der Waals surface area (Å²) in [6, 6.07) is 10.7. The molecule has 6 nitrogen and oxygen atoms in total. The summed E-state index contributed by atoms with van der Waals surface area (Å²) in [5.41, 5.74) is 2.23. The molecule has 3 rings (SSSR count). The molecule has 0 radical (unpaired) electrons. The molecule has 0 aliphatic carbocycles. The molecule has 0 unspecified atom stereocenters. The van der Waals surface area contributed by atoms with Crippen LogP contribution in [0.3, 0.4) is 0 Å². The average molecular weight is 374 g/mol. The summed E-state index contributed by atoms with van der Waals surface area (Å²) in [5.74, 6) is -0.350. The number of esters is 1. The number of ether oxygens (including phenoxy) is 1. The zero-order chi connectivity index (χ0) is 18.5. The average Bonchev–Trinajstić information content (AvgIpc) is 2.68. The SMILES string of the molecule is COC(=O)c1ccc(CN2CCN(C(=O)c3ccc(Cl)nc3)CC2)cc1. The maximum atomic E-state index is 12.5. The summed E-state index contributed by atoms with van der Waals surface area (Å²) in [6.45, 7) is 3.71. The highest BCUT2D eigenvalue weighted by atomic mass is 35.5. The van der Waals surface area contributed by atoms with Gasteiger partial charge in [0.15, 0.2) is 0 Å². The number of methoxy groups -OCH3 is 1. The summed E-state index contributed by atoms with van der Waals surface area (Å²) in [5, 5.41) is 0.379. The second kappa shape index (κ2) is 8.29. The highest BCUT2D eigenvalue weighted by Crippen LogP contribution is 2.13. The van der Waals surface area contributed by atoms with Crippen molar-refractivity contribution in [2.24, 2.45) is 0 Å². The largest absolute Gasteiger partial charge is 0.465 e. The Morgan fingerprint density at radius 1 is 1.04 bits per heavy atom. The molecule has 0 bridgehead atoms. The molecule has 1 aliphatic rings. The number of hydrogen-bond acceptors (Lipinski definition) is 5. The van der Waals surface area contributed by atoms with Crippen molar-refractivity contribution in [2.45, 2.75) is 6.54 Å². The third kappa shape index (κ3) is 4.39. The van der Waals surface area contributed by atoms with E-state index in [9.17, 15) is 9.59 Å². The molecule has 2 aromatic rings. The number of rotatable bonds is 4. The van der Waals surface area contributed by atoms with E-state index in [1.54, 1.807) is 24.3 Å². The fourth-order valence-corrected chi connectivity index (χ4v) is 3.03. The van der Waals surface area contributed by atoms with Gasteiger partial charge < -0.3 is 9.64 Å². The second-order valence-corrected chi connectivity index (χ2v) is 6.51. The van der Waals surface area contributed by atoms with Gasteiger partial charge in [-0.05, 0) is 29.8 Å². The molecule has 0 saturated carbocycles. The van der Waals surface area contributed by atoms with E-state index in [1.807, 2.05) is 17.0 Å². The number of aromatic nitrogens is 1. The van der Waals surface area contributed by atoms with Crippen LogP contribution in [0.2, 0.25) is 5.15 Å². The maximum absolute atomic E-state index is 12.5. The zero-order valence-corrected chi connectivity index (χ0v) is 15.3. The van der Waals surface area contributed by atoms with Crippen molar-refractivity contribution in [3.63, 3.8) is 0 Å². The van der Waals surface area contributed by atoms with Crippen LogP contribution in [0.4, 0.5) is 0 Å². The zero-order valence-electron chi connectivity index (χ0n) is 14.5. The summed E-state index contributed by atoms with van der Waals surface area (Å²) < 4.78 is 4.70. The van der Waals surface area contributed by atoms with Crippen molar-refractivity contribution in [3.8, 4) is 0 Å². The van der Waals surface area contributed by atoms with Gasteiger partial charge in [0.1, 0.15) is 5.15 Å². The van der Waals surface area contributed by atoms with E-state index in [4.69, 9.17) is 16.3 Å². The Balaban J connectivity index is 1.53. The van der Waals surface area contributed by atoms with Gasteiger partial charge in [-0.2, -0.15) is 0 Å². The van der Waals surface area contributed by atoms with E-state index >= 15 is 0 Å². The maximum Gasteiger partial charge on any atom is 0.337 e. The second-order valence-electron chi connectivity index (χ2n) is 6.13. The Morgan fingerprint density at radius 2 is 1.69 bits per heavy atom. The predicted octanol–water partition coefficient (Wildman–Crippen LogP) is 2.48. The molecule has 136 valence electrons. The van der Waals surface area contributed by atoms with Crippen LogP contribution in [0.1, 0.15) is 26.3 Å². The van der Waals surface area contributed by atoms with Gasteiger partial charge in [0.2, 0.25) is 0 Å². The van der Waals surface area contributed by atoms with Gasteiger partial charge in [-0.25, -0.2) is 9.78 Å². The van der Waals surface area contributed by atoms with Crippen molar-refractivity contribution >= 4 is 23.5 Å². The predicted molar refractivity (Wildman–Crippen MR) is 98.2 cm³/mol. The molecule has 1 saturated heterocycles. The van der Waals surface area contributed by atoms with E-state index < -0.39 is 0 Å². The Bertz CT molecular complexity index is 770. The lowest BCUT2D eigenvalue weighted by atomic mass is 10.1. The van der Waals surface area contributed by atoms with Crippen LogP contribution >= 0.6 is 11.6 Å². The Hall–Kier alpha value is -2.44. The van der Waals surface area contributed by atoms with E-state index in [1.165, 1.54) is 13.3 Å². The standard InChI is InChI=1S/C19H20ClN3O3/c1-26-19(25)15-4-2-14(3-5-15)13-22-8-10-23(11-9-22)18(24)16-6-7-17(20)21-12-16/h2-7,12H,8-11,13H2,1H3. The van der Waals surface area contributed by atoms with Crippen LogP contribution in [0.15, 0.2) is 42.6 Å². The van der Waals surface area contributed by atoms with Gasteiger partial charge in [-0.15, -0.1) is 0 Å². The molecule has 1 aromatic carbocycles. The number of halogens is 1. The van der Waals surface area contributed by atoms with Crippen LogP contribution in [0.5, 0.6) is 0 Å². The van der Waals surface area contributed by atoms with E-state index in [-0.39, 0.29) is 11.9 Å². The molecule has 1 aliphatic heterocycles. The van der Waals surface area contributed by atoms with E-state index in [2.05, 4.69) is 9.88 Å². The molecule has 0 spiro atoms. The lowest BCUT2D eigenvalue weighted by molar-refractivity contribution is 0.0599. The number of amides is 1. The number of carbonyl (C=O) groups excluding carboxylic acids is 2. The number of pyridine rings is 1. The summed E-state index contributed by atoms with van der Waals surface area (Å²) >= 11 is 5.77. The van der Waals surface area contributed by atoms with Crippen LogP contribution < -0.4 is 0 Å². The van der Waals surface area contributed by atoms with Gasteiger partial charge in [-0.3, -0.25) is 9.69 Å². The molecule has 1 aromatic heterocycles. The highest BCUT2D eigenvalue weighted by molar-refractivity contribution is 6.29. The summed E-state index contributed by atoms with van der Waals surface area (Å²) in [7, 11) is 1.37. The summed E-state index contributed by atoms with van der Waals surface area (Å²) in [4.78, 5) is 32.0. The molecule has 7 heteroatoms.